The molecule has 0 unspecified atom stereocenters. The van der Waals surface area contributed by atoms with E-state index in [1.54, 1.807) is 0 Å². The first-order valence-corrected chi connectivity index (χ1v) is 12.8. The number of nitrogens with zero attached hydrogens (tertiary/aromatic N) is 2. The lowest BCUT2D eigenvalue weighted by atomic mass is 9.99. The summed E-state index contributed by atoms with van der Waals surface area (Å²) in [5.41, 5.74) is 0.385. The first-order valence-electron chi connectivity index (χ1n) is 10.2. The van der Waals surface area contributed by atoms with Crippen LogP contribution in [0.15, 0.2) is 23.4 Å². The molecular formula is C19H27ClFN5O2S2. The van der Waals surface area contributed by atoms with Crippen molar-refractivity contribution in [3.05, 3.63) is 29.3 Å². The maximum atomic E-state index is 14.5. The van der Waals surface area contributed by atoms with Crippen molar-refractivity contribution in [1.82, 2.24) is 14.7 Å². The number of anilines is 2. The van der Waals surface area contributed by atoms with Crippen molar-refractivity contribution in [2.24, 2.45) is 0 Å². The van der Waals surface area contributed by atoms with E-state index in [9.17, 15) is 12.8 Å². The van der Waals surface area contributed by atoms with Gasteiger partial charge in [-0.15, -0.1) is 0 Å². The predicted molar refractivity (Wildman–Crippen MR) is 119 cm³/mol. The lowest BCUT2D eigenvalue weighted by molar-refractivity contribution is 0.371. The fourth-order valence-electron chi connectivity index (χ4n) is 3.52. The molecule has 1 aliphatic rings. The first kappa shape index (κ1) is 23.2. The molecule has 0 amide bonds. The number of piperidine rings is 1. The van der Waals surface area contributed by atoms with Crippen molar-refractivity contribution in [2.75, 3.05) is 23.1 Å². The highest BCUT2D eigenvalue weighted by Crippen LogP contribution is 2.29. The number of nitrogens with one attached hydrogen (secondary N) is 3. The second-order valence-corrected chi connectivity index (χ2v) is 10.2. The van der Waals surface area contributed by atoms with Gasteiger partial charge in [-0.1, -0.05) is 37.3 Å². The van der Waals surface area contributed by atoms with Crippen molar-refractivity contribution in [3.63, 3.8) is 0 Å². The van der Waals surface area contributed by atoms with Crippen LogP contribution in [0, 0.1) is 5.82 Å². The van der Waals surface area contributed by atoms with Crippen LogP contribution in [0.2, 0.25) is 5.02 Å². The van der Waals surface area contributed by atoms with Gasteiger partial charge in [0.25, 0.3) is 10.0 Å². The molecule has 0 radical (unpaired) electrons. The number of benzene rings is 1. The molecular weight excluding hydrogens is 449 g/mol. The van der Waals surface area contributed by atoms with E-state index in [4.69, 9.17) is 11.6 Å². The van der Waals surface area contributed by atoms with Crippen molar-refractivity contribution < 1.29 is 12.8 Å². The number of rotatable bonds is 11. The molecule has 0 saturated carbocycles. The highest BCUT2D eigenvalue weighted by atomic mass is 35.5. The molecule has 2 aromatic rings. The lowest BCUT2D eigenvalue weighted by Crippen LogP contribution is -2.33. The van der Waals surface area contributed by atoms with Crippen LogP contribution in [0.5, 0.6) is 0 Å². The Hall–Kier alpha value is -1.49. The summed E-state index contributed by atoms with van der Waals surface area (Å²) in [6.07, 6.45) is 10.7. The van der Waals surface area contributed by atoms with Crippen LogP contribution in [0.1, 0.15) is 51.4 Å². The van der Waals surface area contributed by atoms with Gasteiger partial charge in [0, 0.05) is 24.1 Å². The largest absolute Gasteiger partial charge is 0.384 e. The summed E-state index contributed by atoms with van der Waals surface area (Å²) in [5, 5.41) is 6.88. The van der Waals surface area contributed by atoms with Crippen LogP contribution in [0.4, 0.5) is 15.2 Å². The highest BCUT2D eigenvalue weighted by Gasteiger charge is 2.22. The number of halogens is 2. The number of hydrogen-bond donors (Lipinski definition) is 3. The van der Waals surface area contributed by atoms with E-state index in [0.29, 0.717) is 18.3 Å². The molecule has 1 aromatic carbocycles. The molecule has 0 bridgehead atoms. The van der Waals surface area contributed by atoms with E-state index < -0.39 is 20.7 Å². The fraction of sp³-hybridized carbons (Fsp3) is 0.579. The number of unbranched alkanes of at least 4 members (excludes halogenated alkanes) is 3. The Balaban J connectivity index is 1.43. The van der Waals surface area contributed by atoms with Crippen LogP contribution in [0.25, 0.3) is 0 Å². The molecule has 0 spiro atoms. The molecule has 3 N–H and O–H groups in total. The molecule has 1 aromatic heterocycles. The van der Waals surface area contributed by atoms with Gasteiger partial charge in [0.15, 0.2) is 0 Å². The molecule has 0 aliphatic carbocycles. The SMILES string of the molecule is O=S(=O)(Nc1ncns1)c1cc(Cl)c(NCCCCCC[C@H]2CCCCN2)cc1F. The Morgan fingerprint density at radius 3 is 2.80 bits per heavy atom. The third-order valence-electron chi connectivity index (χ3n) is 5.10. The summed E-state index contributed by atoms with van der Waals surface area (Å²) in [6.45, 7) is 1.79. The van der Waals surface area contributed by atoms with Gasteiger partial charge in [-0.3, -0.25) is 4.72 Å². The van der Waals surface area contributed by atoms with Crippen LogP contribution >= 0.6 is 23.1 Å². The zero-order chi connectivity index (χ0) is 21.4. The Morgan fingerprint density at radius 2 is 2.07 bits per heavy atom. The average Bonchev–Trinajstić information content (AvgIpc) is 3.22. The smallest absolute Gasteiger partial charge is 0.266 e. The minimum Gasteiger partial charge on any atom is -0.384 e. The van der Waals surface area contributed by atoms with Crippen molar-refractivity contribution in [3.8, 4) is 0 Å². The molecule has 1 atom stereocenters. The normalized spacial score (nSPS) is 17.1. The first-order chi connectivity index (χ1) is 14.5. The number of sulfonamides is 1. The van der Waals surface area contributed by atoms with Gasteiger partial charge >= 0.3 is 0 Å². The Labute approximate surface area is 186 Å². The van der Waals surface area contributed by atoms with Gasteiger partial charge in [0.05, 0.1) is 10.7 Å². The fourth-order valence-corrected chi connectivity index (χ4v) is 5.56. The molecule has 1 aliphatic heterocycles. The highest BCUT2D eigenvalue weighted by molar-refractivity contribution is 7.93. The summed E-state index contributed by atoms with van der Waals surface area (Å²) in [5.74, 6) is -0.876. The van der Waals surface area contributed by atoms with E-state index in [1.807, 2.05) is 0 Å². The molecule has 3 rings (SSSR count). The molecule has 1 saturated heterocycles. The number of hydrogen-bond acceptors (Lipinski definition) is 7. The van der Waals surface area contributed by atoms with Gasteiger partial charge in [-0.25, -0.2) is 17.8 Å². The van der Waals surface area contributed by atoms with Crippen molar-refractivity contribution in [2.45, 2.75) is 62.3 Å². The molecule has 166 valence electrons. The second-order valence-electron chi connectivity index (χ2n) is 7.39. The summed E-state index contributed by atoms with van der Waals surface area (Å²) < 4.78 is 45.1. The summed E-state index contributed by atoms with van der Waals surface area (Å²) in [7, 11) is -4.13. The van der Waals surface area contributed by atoms with E-state index in [2.05, 4.69) is 24.7 Å². The summed E-state index contributed by atoms with van der Waals surface area (Å²) >= 11 is 7.05. The minimum atomic E-state index is -4.13. The zero-order valence-corrected chi connectivity index (χ0v) is 19.1. The average molecular weight is 476 g/mol. The van der Waals surface area contributed by atoms with Crippen LogP contribution in [-0.4, -0.2) is 36.9 Å². The topological polar surface area (TPSA) is 96.0 Å². The third kappa shape index (κ3) is 6.76. The molecule has 1 fully saturated rings. The van der Waals surface area contributed by atoms with Gasteiger partial charge in [0.2, 0.25) is 5.13 Å². The monoisotopic (exact) mass is 475 g/mol. The third-order valence-corrected chi connectivity index (χ3v) is 7.48. The summed E-state index contributed by atoms with van der Waals surface area (Å²) in [4.78, 5) is 3.22. The quantitative estimate of drug-likeness (QED) is 0.410. The van der Waals surface area contributed by atoms with E-state index in [-0.39, 0.29) is 10.2 Å². The molecule has 7 nitrogen and oxygen atoms in total. The van der Waals surface area contributed by atoms with Crippen LogP contribution in [-0.2, 0) is 10.0 Å². The minimum absolute atomic E-state index is 0.0620. The van der Waals surface area contributed by atoms with Crippen molar-refractivity contribution >= 4 is 44.0 Å². The van der Waals surface area contributed by atoms with E-state index in [0.717, 1.165) is 49.5 Å². The van der Waals surface area contributed by atoms with Gasteiger partial charge in [-0.2, -0.15) is 4.37 Å². The Bertz CT molecular complexity index is 906. The molecule has 30 heavy (non-hydrogen) atoms. The van der Waals surface area contributed by atoms with Gasteiger partial charge < -0.3 is 10.6 Å². The molecule has 11 heteroatoms. The number of aromatic nitrogens is 2. The standard InChI is InChI=1S/C19H27ClFN5O2S2/c20-15-11-18(30(27,28)26-19-24-13-25-29-19)16(21)12-17(15)23-10-5-2-1-3-7-14-8-4-6-9-22-14/h11-14,22-23H,1-10H2,(H,24,25,26)/t14-/m0/s1. The second kappa shape index (κ2) is 11.2. The van der Waals surface area contributed by atoms with E-state index in [1.165, 1.54) is 38.4 Å². The van der Waals surface area contributed by atoms with Crippen molar-refractivity contribution in [1.29, 1.82) is 0 Å². The Morgan fingerprint density at radius 1 is 1.23 bits per heavy atom. The zero-order valence-electron chi connectivity index (χ0n) is 16.7. The summed E-state index contributed by atoms with van der Waals surface area (Å²) in [6, 6.07) is 2.90. The van der Waals surface area contributed by atoms with Gasteiger partial charge in [0.1, 0.15) is 17.0 Å². The Kier molecular flexibility index (Phi) is 8.67. The predicted octanol–water partition coefficient (Wildman–Crippen LogP) is 4.64. The van der Waals surface area contributed by atoms with Gasteiger partial charge in [-0.05, 0) is 44.4 Å². The van der Waals surface area contributed by atoms with E-state index >= 15 is 0 Å². The maximum absolute atomic E-state index is 14.5. The lowest BCUT2D eigenvalue weighted by Gasteiger charge is -2.23. The van der Waals surface area contributed by atoms with Crippen LogP contribution < -0.4 is 15.4 Å². The molecule has 2 heterocycles. The van der Waals surface area contributed by atoms with Crippen LogP contribution in [0.3, 0.4) is 0 Å². The maximum Gasteiger partial charge on any atom is 0.266 e.